The molecule has 0 spiro atoms. The molecular weight excluding hydrogens is 248 g/mol. The molecular formula is C13H18N2O2S. The van der Waals surface area contributed by atoms with E-state index in [1.807, 2.05) is 19.1 Å². The van der Waals surface area contributed by atoms with E-state index >= 15 is 0 Å². The van der Waals surface area contributed by atoms with Crippen molar-refractivity contribution >= 4 is 15.7 Å². The van der Waals surface area contributed by atoms with E-state index < -0.39 is 10.0 Å². The fourth-order valence-corrected chi connectivity index (χ4v) is 3.82. The van der Waals surface area contributed by atoms with Crippen molar-refractivity contribution < 1.29 is 8.42 Å². The quantitative estimate of drug-likeness (QED) is 0.670. The number of nitrogen functional groups attached to an aromatic ring is 1. The third-order valence-corrected chi connectivity index (χ3v) is 5.06. The third-order valence-electron chi connectivity index (χ3n) is 3.11. The van der Waals surface area contributed by atoms with E-state index in [4.69, 9.17) is 5.73 Å². The summed E-state index contributed by atoms with van der Waals surface area (Å²) in [7, 11) is -3.43. The Morgan fingerprint density at radius 1 is 1.33 bits per heavy atom. The molecule has 0 unspecified atom stereocenters. The van der Waals surface area contributed by atoms with Gasteiger partial charge in [0, 0.05) is 18.8 Å². The summed E-state index contributed by atoms with van der Waals surface area (Å²) >= 11 is 0. The van der Waals surface area contributed by atoms with Gasteiger partial charge in [0.1, 0.15) is 0 Å². The molecule has 18 heavy (non-hydrogen) atoms. The molecule has 1 aliphatic rings. The van der Waals surface area contributed by atoms with Crippen LogP contribution in [0.4, 0.5) is 5.69 Å². The van der Waals surface area contributed by atoms with Crippen molar-refractivity contribution in [2.24, 2.45) is 0 Å². The van der Waals surface area contributed by atoms with Gasteiger partial charge in [0.25, 0.3) is 0 Å². The fourth-order valence-electron chi connectivity index (χ4n) is 2.08. The van der Waals surface area contributed by atoms with Crippen LogP contribution in [0.25, 0.3) is 0 Å². The molecule has 0 saturated carbocycles. The van der Waals surface area contributed by atoms with E-state index in [0.717, 1.165) is 12.0 Å². The largest absolute Gasteiger partial charge is 0.399 e. The summed E-state index contributed by atoms with van der Waals surface area (Å²) in [6, 6.07) is 5.10. The molecule has 2 rings (SSSR count). The van der Waals surface area contributed by atoms with E-state index in [2.05, 4.69) is 0 Å². The van der Waals surface area contributed by atoms with Gasteiger partial charge in [0.15, 0.2) is 0 Å². The van der Waals surface area contributed by atoms with Crippen molar-refractivity contribution in [2.75, 3.05) is 18.8 Å². The van der Waals surface area contributed by atoms with Gasteiger partial charge in [0.05, 0.1) is 4.90 Å². The second-order valence-electron chi connectivity index (χ2n) is 4.34. The zero-order chi connectivity index (χ0) is 13.2. The minimum atomic E-state index is -3.43. The number of anilines is 1. The molecule has 1 heterocycles. The summed E-state index contributed by atoms with van der Waals surface area (Å²) < 4.78 is 26.6. The predicted octanol–water partition coefficient (Wildman–Crippen LogP) is 1.78. The van der Waals surface area contributed by atoms with Gasteiger partial charge in [-0.2, -0.15) is 4.31 Å². The van der Waals surface area contributed by atoms with E-state index in [1.54, 1.807) is 18.2 Å². The van der Waals surface area contributed by atoms with Gasteiger partial charge < -0.3 is 5.73 Å². The average molecular weight is 266 g/mol. The molecule has 1 aliphatic heterocycles. The highest BCUT2D eigenvalue weighted by atomic mass is 32.2. The first kappa shape index (κ1) is 13.1. The fraction of sp³-hybridized carbons (Fsp3) is 0.385. The van der Waals surface area contributed by atoms with Gasteiger partial charge in [-0.25, -0.2) is 8.42 Å². The Morgan fingerprint density at radius 2 is 2.11 bits per heavy atom. The van der Waals surface area contributed by atoms with Crippen LogP contribution in [-0.4, -0.2) is 25.8 Å². The molecule has 1 aromatic rings. The summed E-state index contributed by atoms with van der Waals surface area (Å²) in [5, 5.41) is 0. The minimum absolute atomic E-state index is 0.348. The van der Waals surface area contributed by atoms with Crippen molar-refractivity contribution in [3.8, 4) is 0 Å². The van der Waals surface area contributed by atoms with Crippen LogP contribution in [0, 0.1) is 0 Å². The van der Waals surface area contributed by atoms with Crippen molar-refractivity contribution in [1.29, 1.82) is 0 Å². The topological polar surface area (TPSA) is 63.4 Å². The van der Waals surface area contributed by atoms with Crippen LogP contribution in [0.15, 0.2) is 35.2 Å². The highest BCUT2D eigenvalue weighted by molar-refractivity contribution is 7.89. The molecule has 0 atom stereocenters. The lowest BCUT2D eigenvalue weighted by Gasteiger charge is -2.24. The van der Waals surface area contributed by atoms with Gasteiger partial charge in [-0.05, 0) is 30.5 Å². The molecule has 4 nitrogen and oxygen atoms in total. The van der Waals surface area contributed by atoms with Gasteiger partial charge in [-0.3, -0.25) is 0 Å². The van der Waals surface area contributed by atoms with E-state index in [1.165, 1.54) is 4.31 Å². The Labute approximate surface area is 108 Å². The first-order valence-corrected chi connectivity index (χ1v) is 7.53. The lowest BCUT2D eigenvalue weighted by atomic mass is 10.1. The van der Waals surface area contributed by atoms with Gasteiger partial charge in [-0.15, -0.1) is 0 Å². The summed E-state index contributed by atoms with van der Waals surface area (Å²) in [4.78, 5) is 0.348. The van der Waals surface area contributed by atoms with Crippen LogP contribution >= 0.6 is 0 Å². The Kier molecular flexibility index (Phi) is 3.73. The lowest BCUT2D eigenvalue weighted by Crippen LogP contribution is -2.34. The zero-order valence-corrected chi connectivity index (χ0v) is 11.3. The zero-order valence-electron chi connectivity index (χ0n) is 10.5. The van der Waals surface area contributed by atoms with E-state index in [0.29, 0.717) is 30.1 Å². The number of hydrogen-bond acceptors (Lipinski definition) is 3. The number of hydrogen-bond donors (Lipinski definition) is 1. The lowest BCUT2D eigenvalue weighted by molar-refractivity contribution is 0.437. The maximum Gasteiger partial charge on any atom is 0.243 e. The van der Waals surface area contributed by atoms with Crippen molar-refractivity contribution in [3.05, 3.63) is 35.9 Å². The molecule has 2 N–H and O–H groups in total. The number of aryl methyl sites for hydroxylation is 1. The van der Waals surface area contributed by atoms with E-state index in [9.17, 15) is 8.42 Å². The standard InChI is InChI=1S/C13H18N2O2S/c1-2-11-6-7-12(14)10-13(11)18(16,17)15-8-4-3-5-9-15/h3-4,6-7,10H,2,5,8-9,14H2,1H3. The molecule has 0 aromatic heterocycles. The molecule has 1 aromatic carbocycles. The van der Waals surface area contributed by atoms with Crippen molar-refractivity contribution in [3.63, 3.8) is 0 Å². The second kappa shape index (κ2) is 5.12. The number of benzene rings is 1. The first-order chi connectivity index (χ1) is 8.55. The van der Waals surface area contributed by atoms with Gasteiger partial charge in [-0.1, -0.05) is 25.1 Å². The first-order valence-electron chi connectivity index (χ1n) is 6.09. The smallest absolute Gasteiger partial charge is 0.243 e. The molecule has 0 bridgehead atoms. The van der Waals surface area contributed by atoms with Crippen LogP contribution in [0.5, 0.6) is 0 Å². The Balaban J connectivity index is 2.46. The van der Waals surface area contributed by atoms with Crippen LogP contribution in [0.3, 0.4) is 0 Å². The van der Waals surface area contributed by atoms with Crippen molar-refractivity contribution in [2.45, 2.75) is 24.7 Å². The minimum Gasteiger partial charge on any atom is -0.399 e. The van der Waals surface area contributed by atoms with Gasteiger partial charge >= 0.3 is 0 Å². The molecule has 0 aliphatic carbocycles. The Hall–Kier alpha value is -1.33. The summed E-state index contributed by atoms with van der Waals surface area (Å²) in [6.45, 7) is 2.93. The number of rotatable bonds is 3. The highest BCUT2D eigenvalue weighted by Crippen LogP contribution is 2.24. The Morgan fingerprint density at radius 3 is 2.72 bits per heavy atom. The molecule has 5 heteroatoms. The number of nitrogens with zero attached hydrogens (tertiary/aromatic N) is 1. The monoisotopic (exact) mass is 266 g/mol. The molecule has 0 saturated heterocycles. The summed E-state index contributed by atoms with van der Waals surface area (Å²) in [5.41, 5.74) is 7.01. The number of sulfonamides is 1. The molecule has 98 valence electrons. The molecule has 0 fully saturated rings. The third kappa shape index (κ3) is 2.42. The normalized spacial score (nSPS) is 16.9. The van der Waals surface area contributed by atoms with Crippen LogP contribution in [0.1, 0.15) is 18.9 Å². The molecule has 0 radical (unpaired) electrons. The van der Waals surface area contributed by atoms with Crippen LogP contribution < -0.4 is 5.73 Å². The van der Waals surface area contributed by atoms with Crippen LogP contribution in [-0.2, 0) is 16.4 Å². The summed E-state index contributed by atoms with van der Waals surface area (Å²) in [6.07, 6.45) is 5.34. The SMILES string of the molecule is CCc1ccc(N)cc1S(=O)(=O)N1CC=CCC1. The molecule has 0 amide bonds. The maximum atomic E-state index is 12.6. The van der Waals surface area contributed by atoms with E-state index in [-0.39, 0.29) is 0 Å². The second-order valence-corrected chi connectivity index (χ2v) is 6.25. The van der Waals surface area contributed by atoms with Crippen molar-refractivity contribution in [1.82, 2.24) is 4.31 Å². The number of nitrogens with two attached hydrogens (primary N) is 1. The van der Waals surface area contributed by atoms with Gasteiger partial charge in [0.2, 0.25) is 10.0 Å². The predicted molar refractivity (Wildman–Crippen MR) is 72.7 cm³/mol. The maximum absolute atomic E-state index is 12.6. The summed E-state index contributed by atoms with van der Waals surface area (Å²) in [5.74, 6) is 0. The average Bonchev–Trinajstić information content (AvgIpc) is 2.39. The van der Waals surface area contributed by atoms with Crippen LogP contribution in [0.2, 0.25) is 0 Å². The Bertz CT molecular complexity index is 564. The highest BCUT2D eigenvalue weighted by Gasteiger charge is 2.26.